The number of hydrogen-bond donors (Lipinski definition) is 3. The first kappa shape index (κ1) is 25.1. The minimum atomic E-state index is -0.194. The van der Waals surface area contributed by atoms with E-state index in [0.29, 0.717) is 48.5 Å². The van der Waals surface area contributed by atoms with Gasteiger partial charge in [0.2, 0.25) is 0 Å². The van der Waals surface area contributed by atoms with Crippen LogP contribution in [0.1, 0.15) is 5.56 Å². The van der Waals surface area contributed by atoms with Crippen LogP contribution in [0.5, 0.6) is 17.2 Å². The van der Waals surface area contributed by atoms with Gasteiger partial charge < -0.3 is 31.0 Å². The fraction of sp³-hybridized carbons (Fsp3) is 0.214. The normalized spacial score (nSPS) is 12.0. The van der Waals surface area contributed by atoms with E-state index in [1.165, 1.54) is 0 Å². The van der Waals surface area contributed by atoms with E-state index in [4.69, 9.17) is 25.7 Å². The summed E-state index contributed by atoms with van der Waals surface area (Å²) >= 11 is 0. The summed E-state index contributed by atoms with van der Waals surface area (Å²) in [6.45, 7) is 1.65. The fourth-order valence-electron chi connectivity index (χ4n) is 4.21. The van der Waals surface area contributed by atoms with E-state index in [-0.39, 0.29) is 6.04 Å². The van der Waals surface area contributed by atoms with Gasteiger partial charge in [0.05, 0.1) is 37.7 Å². The molecule has 0 spiro atoms. The van der Waals surface area contributed by atoms with Crippen molar-refractivity contribution in [2.24, 2.45) is 5.73 Å². The first-order valence-corrected chi connectivity index (χ1v) is 12.1. The quantitative estimate of drug-likeness (QED) is 0.239. The van der Waals surface area contributed by atoms with E-state index in [2.05, 4.69) is 25.3 Å². The van der Waals surface area contributed by atoms with Crippen molar-refractivity contribution >= 4 is 27.5 Å². The maximum absolute atomic E-state index is 6.35. The highest BCUT2D eigenvalue weighted by Crippen LogP contribution is 2.37. The third kappa shape index (κ3) is 5.41. The maximum Gasteiger partial charge on any atom is 0.162 e. The molecule has 0 radical (unpaired) electrons. The Kier molecular flexibility index (Phi) is 7.43. The standard InChI is InChI=1S/C28H29N7O3/c1-36-26-9-22-21-8-24(35-28(30)23(21)15-34-25(22)10-27(26)37-2)18-7-20(14-33-12-18)38-16-19(29)13-32-11-17-3-5-31-6-4-17/h3-10,12,14-15,19,32H,11,13,16,29H2,1-2H3,(H2,30,35)/t19-/m0/s1. The first-order valence-electron chi connectivity index (χ1n) is 12.1. The van der Waals surface area contributed by atoms with Crippen LogP contribution in [0.3, 0.4) is 0 Å². The number of nitrogen functional groups attached to an aromatic ring is 1. The van der Waals surface area contributed by atoms with Crippen molar-refractivity contribution in [2.45, 2.75) is 12.6 Å². The molecule has 4 heterocycles. The second-order valence-corrected chi connectivity index (χ2v) is 8.80. The van der Waals surface area contributed by atoms with Gasteiger partial charge in [-0.25, -0.2) is 4.98 Å². The monoisotopic (exact) mass is 511 g/mol. The van der Waals surface area contributed by atoms with Gasteiger partial charge >= 0.3 is 0 Å². The topological polar surface area (TPSA) is 143 Å². The molecule has 5 aromatic rings. The number of nitrogens with one attached hydrogen (secondary N) is 1. The van der Waals surface area contributed by atoms with Gasteiger partial charge in [-0.05, 0) is 41.3 Å². The minimum Gasteiger partial charge on any atom is -0.493 e. The van der Waals surface area contributed by atoms with Gasteiger partial charge in [-0.1, -0.05) is 0 Å². The molecule has 0 bridgehead atoms. The van der Waals surface area contributed by atoms with Crippen LogP contribution >= 0.6 is 0 Å². The summed E-state index contributed by atoms with van der Waals surface area (Å²) in [5.74, 6) is 2.18. The molecule has 0 saturated heterocycles. The van der Waals surface area contributed by atoms with Crippen LogP contribution in [0, 0.1) is 0 Å². The molecule has 0 unspecified atom stereocenters. The summed E-state index contributed by atoms with van der Waals surface area (Å²) in [4.78, 5) is 17.5. The Labute approximate surface area is 220 Å². The van der Waals surface area contributed by atoms with Crippen molar-refractivity contribution in [1.82, 2.24) is 25.3 Å². The lowest BCUT2D eigenvalue weighted by Gasteiger charge is -2.15. The van der Waals surface area contributed by atoms with Crippen molar-refractivity contribution in [3.63, 3.8) is 0 Å². The lowest BCUT2D eigenvalue weighted by Crippen LogP contribution is -2.38. The molecule has 10 heteroatoms. The maximum atomic E-state index is 6.35. The van der Waals surface area contributed by atoms with Gasteiger partial charge in [0.1, 0.15) is 18.2 Å². The molecule has 0 fully saturated rings. The number of fused-ring (bicyclic) bond motifs is 3. The highest BCUT2D eigenvalue weighted by Gasteiger charge is 2.14. The van der Waals surface area contributed by atoms with Gasteiger partial charge in [0.25, 0.3) is 0 Å². The Hall–Kier alpha value is -4.54. The number of pyridine rings is 4. The van der Waals surface area contributed by atoms with Crippen LogP contribution in [0.4, 0.5) is 5.82 Å². The minimum absolute atomic E-state index is 0.194. The Morgan fingerprint density at radius 1 is 0.895 bits per heavy atom. The van der Waals surface area contributed by atoms with E-state index in [9.17, 15) is 0 Å². The number of anilines is 1. The van der Waals surface area contributed by atoms with E-state index < -0.39 is 0 Å². The Balaban J connectivity index is 1.35. The van der Waals surface area contributed by atoms with Crippen LogP contribution in [-0.4, -0.2) is 53.3 Å². The molecule has 1 atom stereocenters. The molecular formula is C28H29N7O3. The SMILES string of the molecule is COc1cc2ncc3c(N)nc(-c4cncc(OC[C@@H](N)CNCc5ccncc5)c4)cc3c2cc1OC. The number of aromatic nitrogens is 4. The molecule has 0 saturated carbocycles. The molecule has 0 aliphatic carbocycles. The molecule has 4 aromatic heterocycles. The molecule has 0 aliphatic rings. The molecule has 1 aromatic carbocycles. The van der Waals surface area contributed by atoms with Gasteiger partial charge in [-0.2, -0.15) is 0 Å². The second-order valence-electron chi connectivity index (χ2n) is 8.80. The van der Waals surface area contributed by atoms with Gasteiger partial charge in [-0.15, -0.1) is 0 Å². The number of hydrogen-bond acceptors (Lipinski definition) is 10. The number of benzene rings is 1. The molecule has 5 N–H and O–H groups in total. The van der Waals surface area contributed by atoms with Crippen molar-refractivity contribution in [3.05, 3.63) is 72.9 Å². The largest absolute Gasteiger partial charge is 0.493 e. The predicted octanol–water partition coefficient (Wildman–Crippen LogP) is 3.34. The number of ether oxygens (including phenoxy) is 3. The number of nitrogens with two attached hydrogens (primary N) is 2. The van der Waals surface area contributed by atoms with E-state index in [0.717, 1.165) is 32.8 Å². The lowest BCUT2D eigenvalue weighted by atomic mass is 10.0. The molecule has 0 aliphatic heterocycles. The van der Waals surface area contributed by atoms with E-state index >= 15 is 0 Å². The van der Waals surface area contributed by atoms with Crippen molar-refractivity contribution < 1.29 is 14.2 Å². The zero-order valence-corrected chi connectivity index (χ0v) is 21.2. The Morgan fingerprint density at radius 2 is 1.68 bits per heavy atom. The average Bonchev–Trinajstić information content (AvgIpc) is 2.95. The zero-order valence-electron chi connectivity index (χ0n) is 21.2. The summed E-state index contributed by atoms with van der Waals surface area (Å²) in [5, 5.41) is 5.85. The van der Waals surface area contributed by atoms with Crippen molar-refractivity contribution in [1.29, 1.82) is 0 Å². The molecule has 194 valence electrons. The summed E-state index contributed by atoms with van der Waals surface area (Å²) in [6, 6.07) is 11.3. The summed E-state index contributed by atoms with van der Waals surface area (Å²) < 4.78 is 16.9. The Morgan fingerprint density at radius 3 is 2.47 bits per heavy atom. The first-order chi connectivity index (χ1) is 18.6. The van der Waals surface area contributed by atoms with Gasteiger partial charge in [0, 0.05) is 60.3 Å². The average molecular weight is 512 g/mol. The van der Waals surface area contributed by atoms with Crippen LogP contribution in [-0.2, 0) is 6.54 Å². The third-order valence-corrected chi connectivity index (χ3v) is 6.17. The van der Waals surface area contributed by atoms with Gasteiger partial charge in [-0.3, -0.25) is 15.0 Å². The molecular weight excluding hydrogens is 482 g/mol. The van der Waals surface area contributed by atoms with Crippen LogP contribution in [0.15, 0.2) is 67.4 Å². The molecule has 38 heavy (non-hydrogen) atoms. The highest BCUT2D eigenvalue weighted by molar-refractivity contribution is 6.10. The van der Waals surface area contributed by atoms with Gasteiger partial charge in [0.15, 0.2) is 11.5 Å². The highest BCUT2D eigenvalue weighted by atomic mass is 16.5. The number of methoxy groups -OCH3 is 2. The lowest BCUT2D eigenvalue weighted by molar-refractivity contribution is 0.283. The zero-order chi connectivity index (χ0) is 26.5. The third-order valence-electron chi connectivity index (χ3n) is 6.17. The smallest absolute Gasteiger partial charge is 0.162 e. The van der Waals surface area contributed by atoms with Crippen LogP contribution in [0.25, 0.3) is 32.9 Å². The molecule has 0 amide bonds. The van der Waals surface area contributed by atoms with Crippen LogP contribution < -0.4 is 31.0 Å². The van der Waals surface area contributed by atoms with Crippen molar-refractivity contribution in [3.8, 4) is 28.5 Å². The number of nitrogens with zero attached hydrogens (tertiary/aromatic N) is 4. The van der Waals surface area contributed by atoms with Crippen LogP contribution in [0.2, 0.25) is 0 Å². The fourth-order valence-corrected chi connectivity index (χ4v) is 4.21. The molecule has 10 nitrogen and oxygen atoms in total. The van der Waals surface area contributed by atoms with E-state index in [1.54, 1.807) is 45.2 Å². The Bertz CT molecular complexity index is 1560. The summed E-state index contributed by atoms with van der Waals surface area (Å²) in [6.07, 6.45) is 8.64. The molecule has 5 rings (SSSR count). The van der Waals surface area contributed by atoms with Crippen molar-refractivity contribution in [2.75, 3.05) is 33.1 Å². The van der Waals surface area contributed by atoms with E-state index in [1.807, 2.05) is 36.4 Å². The summed E-state index contributed by atoms with van der Waals surface area (Å²) in [5.41, 5.74) is 15.9. The summed E-state index contributed by atoms with van der Waals surface area (Å²) in [7, 11) is 3.20. The predicted molar refractivity (Wildman–Crippen MR) is 147 cm³/mol. The number of rotatable bonds is 10. The second kappa shape index (κ2) is 11.2.